The highest BCUT2D eigenvalue weighted by atomic mass is 15.1. The number of para-hydroxylation sites is 2. The molecule has 160 valence electrons. The average Bonchev–Trinajstić information content (AvgIpc) is 3.49. The van der Waals surface area contributed by atoms with Crippen molar-refractivity contribution in [1.82, 2.24) is 19.1 Å². The molecule has 0 radical (unpaired) electrons. The summed E-state index contributed by atoms with van der Waals surface area (Å²) >= 11 is 0. The van der Waals surface area contributed by atoms with Crippen LogP contribution in [0.25, 0.3) is 55.5 Å². The first-order valence-electron chi connectivity index (χ1n) is 11.3. The number of hydrogen-bond donors (Lipinski definition) is 0. The second-order valence-electron chi connectivity index (χ2n) is 8.41. The molecule has 0 aliphatic heterocycles. The van der Waals surface area contributed by atoms with Gasteiger partial charge in [-0.15, -0.1) is 0 Å². The Morgan fingerprint density at radius 3 is 2.03 bits per heavy atom. The molecule has 0 aliphatic rings. The van der Waals surface area contributed by atoms with Gasteiger partial charge in [0.1, 0.15) is 0 Å². The highest BCUT2D eigenvalue weighted by Gasteiger charge is 2.18. The van der Waals surface area contributed by atoms with E-state index in [1.807, 2.05) is 30.6 Å². The maximum atomic E-state index is 4.75. The Bertz CT molecular complexity index is 1780. The van der Waals surface area contributed by atoms with E-state index >= 15 is 0 Å². The highest BCUT2D eigenvalue weighted by Crippen LogP contribution is 2.37. The minimum absolute atomic E-state index is 0.659. The predicted molar refractivity (Wildman–Crippen MR) is 139 cm³/mol. The fourth-order valence-electron chi connectivity index (χ4n) is 4.91. The van der Waals surface area contributed by atoms with Gasteiger partial charge in [-0.3, -0.25) is 4.57 Å². The fraction of sp³-hybridized carbons (Fsp3) is 0. The Balaban J connectivity index is 1.52. The van der Waals surface area contributed by atoms with Crippen LogP contribution in [-0.4, -0.2) is 19.1 Å². The molecule has 3 aromatic heterocycles. The number of nitrogens with zero attached hydrogens (tertiary/aromatic N) is 4. The van der Waals surface area contributed by atoms with E-state index in [2.05, 4.69) is 100 Å². The Hall–Kier alpha value is -4.70. The van der Waals surface area contributed by atoms with Gasteiger partial charge < -0.3 is 4.57 Å². The first kappa shape index (κ1) is 18.8. The van der Waals surface area contributed by atoms with Crippen LogP contribution in [0.3, 0.4) is 0 Å². The summed E-state index contributed by atoms with van der Waals surface area (Å²) in [5.74, 6) is 0.659. The van der Waals surface area contributed by atoms with Crippen molar-refractivity contribution in [3.63, 3.8) is 0 Å². The van der Waals surface area contributed by atoms with Crippen LogP contribution in [0.15, 0.2) is 122 Å². The molecular formula is C30H20N4. The zero-order chi connectivity index (χ0) is 22.5. The summed E-state index contributed by atoms with van der Waals surface area (Å²) in [5.41, 5.74) is 6.69. The van der Waals surface area contributed by atoms with E-state index in [9.17, 15) is 0 Å². The lowest BCUT2D eigenvalue weighted by Gasteiger charge is -2.11. The maximum Gasteiger partial charge on any atom is 0.234 e. The third-order valence-corrected chi connectivity index (χ3v) is 6.46. The second-order valence-corrected chi connectivity index (χ2v) is 8.41. The standard InChI is InChI=1S/C30H20N4/c1-3-9-21(10-4-1)23-19-31-30(32-20-23)33-18-17-22-15-16-26-25-13-7-8-14-27(25)34(29(26)28(22)33)24-11-5-2-6-12-24/h1-20H. The van der Waals surface area contributed by atoms with Gasteiger partial charge >= 0.3 is 0 Å². The Labute approximate surface area is 196 Å². The summed E-state index contributed by atoms with van der Waals surface area (Å²) in [6.45, 7) is 0. The van der Waals surface area contributed by atoms with Crippen molar-refractivity contribution in [2.45, 2.75) is 0 Å². The minimum atomic E-state index is 0.659. The zero-order valence-electron chi connectivity index (χ0n) is 18.3. The topological polar surface area (TPSA) is 35.6 Å². The molecule has 34 heavy (non-hydrogen) atoms. The number of rotatable bonds is 3. The van der Waals surface area contributed by atoms with E-state index < -0.39 is 0 Å². The van der Waals surface area contributed by atoms with Gasteiger partial charge in [-0.05, 0) is 29.8 Å². The third-order valence-electron chi connectivity index (χ3n) is 6.46. The van der Waals surface area contributed by atoms with Crippen LogP contribution in [0.2, 0.25) is 0 Å². The quantitative estimate of drug-likeness (QED) is 0.294. The van der Waals surface area contributed by atoms with E-state index in [1.165, 1.54) is 16.3 Å². The van der Waals surface area contributed by atoms with Crippen LogP contribution in [0, 0.1) is 0 Å². The van der Waals surface area contributed by atoms with E-state index in [0.29, 0.717) is 5.95 Å². The lowest BCUT2D eigenvalue weighted by Crippen LogP contribution is -2.01. The summed E-state index contributed by atoms with van der Waals surface area (Å²) < 4.78 is 4.45. The summed E-state index contributed by atoms with van der Waals surface area (Å²) in [7, 11) is 0. The largest absolute Gasteiger partial charge is 0.307 e. The lowest BCUT2D eigenvalue weighted by molar-refractivity contribution is 0.963. The summed E-state index contributed by atoms with van der Waals surface area (Å²) in [4.78, 5) is 9.51. The molecule has 4 heteroatoms. The zero-order valence-corrected chi connectivity index (χ0v) is 18.3. The summed E-state index contributed by atoms with van der Waals surface area (Å²) in [5, 5.41) is 3.60. The maximum absolute atomic E-state index is 4.75. The van der Waals surface area contributed by atoms with E-state index in [1.54, 1.807) is 0 Å². The molecule has 4 nitrogen and oxygen atoms in total. The molecule has 0 atom stereocenters. The lowest BCUT2D eigenvalue weighted by atomic mass is 10.1. The molecule has 0 N–H and O–H groups in total. The van der Waals surface area contributed by atoms with E-state index in [-0.39, 0.29) is 0 Å². The highest BCUT2D eigenvalue weighted by molar-refractivity contribution is 6.18. The molecule has 7 aromatic rings. The van der Waals surface area contributed by atoms with Crippen LogP contribution in [0.5, 0.6) is 0 Å². The van der Waals surface area contributed by atoms with Gasteiger partial charge in [0.2, 0.25) is 5.95 Å². The molecule has 0 aliphatic carbocycles. The van der Waals surface area contributed by atoms with Gasteiger partial charge in [-0.1, -0.05) is 78.9 Å². The van der Waals surface area contributed by atoms with Gasteiger partial charge in [-0.25, -0.2) is 9.97 Å². The van der Waals surface area contributed by atoms with Crippen LogP contribution in [-0.2, 0) is 0 Å². The Morgan fingerprint density at radius 1 is 0.529 bits per heavy atom. The molecule has 7 rings (SSSR count). The molecule has 4 aromatic carbocycles. The molecule has 3 heterocycles. The van der Waals surface area contributed by atoms with Crippen molar-refractivity contribution in [3.05, 3.63) is 122 Å². The third kappa shape index (κ3) is 2.79. The van der Waals surface area contributed by atoms with Crippen molar-refractivity contribution in [2.75, 3.05) is 0 Å². The first-order valence-corrected chi connectivity index (χ1v) is 11.3. The molecular weight excluding hydrogens is 416 g/mol. The monoisotopic (exact) mass is 436 g/mol. The molecule has 0 saturated carbocycles. The second kappa shape index (κ2) is 7.42. The predicted octanol–water partition coefficient (Wildman–Crippen LogP) is 7.18. The van der Waals surface area contributed by atoms with Crippen molar-refractivity contribution < 1.29 is 0 Å². The Morgan fingerprint density at radius 2 is 1.24 bits per heavy atom. The average molecular weight is 437 g/mol. The van der Waals surface area contributed by atoms with Gasteiger partial charge in [0.05, 0.1) is 16.6 Å². The number of fused-ring (bicyclic) bond motifs is 5. The smallest absolute Gasteiger partial charge is 0.234 e. The van der Waals surface area contributed by atoms with Gasteiger partial charge in [0, 0.05) is 46.0 Å². The SMILES string of the molecule is c1ccc(-c2cnc(-n3ccc4ccc5c6ccccc6n(-c6ccccc6)c5c43)nc2)cc1. The van der Waals surface area contributed by atoms with E-state index in [4.69, 9.17) is 9.97 Å². The van der Waals surface area contributed by atoms with Crippen LogP contribution in [0.4, 0.5) is 0 Å². The molecule has 0 saturated heterocycles. The van der Waals surface area contributed by atoms with Crippen molar-refractivity contribution in [3.8, 4) is 22.8 Å². The minimum Gasteiger partial charge on any atom is -0.307 e. The molecule has 0 spiro atoms. The van der Waals surface area contributed by atoms with Crippen LogP contribution >= 0.6 is 0 Å². The van der Waals surface area contributed by atoms with Gasteiger partial charge in [0.15, 0.2) is 0 Å². The van der Waals surface area contributed by atoms with Crippen LogP contribution < -0.4 is 0 Å². The Kier molecular flexibility index (Phi) is 4.11. The molecule has 0 fully saturated rings. The van der Waals surface area contributed by atoms with Gasteiger partial charge in [-0.2, -0.15) is 0 Å². The van der Waals surface area contributed by atoms with Crippen molar-refractivity contribution >= 4 is 32.7 Å². The number of benzene rings is 4. The summed E-state index contributed by atoms with van der Waals surface area (Å²) in [6, 6.07) is 35.9. The van der Waals surface area contributed by atoms with Crippen molar-refractivity contribution in [1.29, 1.82) is 0 Å². The fourth-order valence-corrected chi connectivity index (χ4v) is 4.91. The molecule has 0 bridgehead atoms. The van der Waals surface area contributed by atoms with Crippen molar-refractivity contribution in [2.24, 2.45) is 0 Å². The van der Waals surface area contributed by atoms with Gasteiger partial charge in [0.25, 0.3) is 0 Å². The molecule has 0 amide bonds. The van der Waals surface area contributed by atoms with Crippen LogP contribution in [0.1, 0.15) is 0 Å². The van der Waals surface area contributed by atoms with E-state index in [0.717, 1.165) is 33.2 Å². The first-order chi connectivity index (χ1) is 16.9. The normalized spacial score (nSPS) is 11.5. The number of hydrogen-bond acceptors (Lipinski definition) is 2. The summed E-state index contributed by atoms with van der Waals surface area (Å²) in [6.07, 6.45) is 5.86. The molecule has 0 unspecified atom stereocenters. The number of aromatic nitrogens is 4.